The number of amides is 2. The van der Waals surface area contributed by atoms with Crippen LogP contribution in [0, 0.1) is 6.57 Å². The Morgan fingerprint density at radius 3 is 2.35 bits per heavy atom. The van der Waals surface area contributed by atoms with Gasteiger partial charge in [0.2, 0.25) is 10.0 Å². The fourth-order valence-electron chi connectivity index (χ4n) is 3.28. The number of rotatable bonds is 8. The highest BCUT2D eigenvalue weighted by molar-refractivity contribution is 7.89. The lowest BCUT2D eigenvalue weighted by Gasteiger charge is -2.23. The normalized spacial score (nSPS) is 14.4. The smallest absolute Gasteiger partial charge is 0.320 e. The monoisotopic (exact) mass is 480 g/mol. The van der Waals surface area contributed by atoms with E-state index in [0.29, 0.717) is 31.7 Å². The molecule has 0 aromatic heterocycles. The minimum absolute atomic E-state index is 0.0103. The predicted molar refractivity (Wildman–Crippen MR) is 121 cm³/mol. The lowest BCUT2D eigenvalue weighted by molar-refractivity contribution is 0.190. The number of carbonyl (C=O) groups is 1. The van der Waals surface area contributed by atoms with Crippen LogP contribution in [0.25, 0.3) is 4.85 Å². The summed E-state index contributed by atoms with van der Waals surface area (Å²) in [6, 6.07) is 11.7. The molecule has 0 bridgehead atoms. The molecule has 0 unspecified atom stereocenters. The molecular formula is C21H22Cl2N4O3S. The van der Waals surface area contributed by atoms with E-state index in [9.17, 15) is 13.2 Å². The lowest BCUT2D eigenvalue weighted by atomic mass is 10.1. The average molecular weight is 481 g/mol. The molecule has 2 amide bonds. The number of hydrogen-bond acceptors (Lipinski definition) is 3. The first-order valence-electron chi connectivity index (χ1n) is 9.64. The maximum Gasteiger partial charge on any atom is 0.320 e. The molecule has 31 heavy (non-hydrogen) atoms. The molecule has 0 saturated carbocycles. The summed E-state index contributed by atoms with van der Waals surface area (Å²) in [6.45, 7) is 9.12. The molecule has 1 aliphatic heterocycles. The van der Waals surface area contributed by atoms with Crippen LogP contribution in [-0.4, -0.2) is 68.3 Å². The van der Waals surface area contributed by atoms with Crippen molar-refractivity contribution in [1.82, 2.24) is 14.1 Å². The van der Waals surface area contributed by atoms with E-state index >= 15 is 0 Å². The van der Waals surface area contributed by atoms with E-state index < -0.39 is 10.0 Å². The third-order valence-corrected chi connectivity index (χ3v) is 8.04. The lowest BCUT2D eigenvalue weighted by Crippen LogP contribution is -2.39. The van der Waals surface area contributed by atoms with E-state index in [1.807, 2.05) is 12.1 Å². The molecular weight excluding hydrogens is 459 g/mol. The zero-order chi connectivity index (χ0) is 22.6. The topological polar surface area (TPSA) is 65.3 Å². The highest BCUT2D eigenvalue weighted by Crippen LogP contribution is 2.30. The zero-order valence-electron chi connectivity index (χ0n) is 17.0. The summed E-state index contributed by atoms with van der Waals surface area (Å²) in [5, 5.41) is 0.161. The van der Waals surface area contributed by atoms with Gasteiger partial charge in [-0.15, -0.1) is 0 Å². The van der Waals surface area contributed by atoms with Gasteiger partial charge in [-0.3, -0.25) is 0 Å². The van der Waals surface area contributed by atoms with Crippen molar-refractivity contribution < 1.29 is 13.2 Å². The summed E-state index contributed by atoms with van der Waals surface area (Å²) in [5.41, 5.74) is 1.65. The Hall–Kier alpha value is -2.31. The molecule has 3 rings (SSSR count). The Labute approximate surface area is 192 Å². The van der Waals surface area contributed by atoms with Gasteiger partial charge in [-0.1, -0.05) is 53.5 Å². The van der Waals surface area contributed by atoms with Gasteiger partial charge in [0.1, 0.15) is 4.90 Å². The van der Waals surface area contributed by atoms with Crippen LogP contribution in [0.15, 0.2) is 47.4 Å². The average Bonchev–Trinajstić information content (AvgIpc) is 3.12. The van der Waals surface area contributed by atoms with Gasteiger partial charge < -0.3 is 9.80 Å². The van der Waals surface area contributed by atoms with Gasteiger partial charge in [0.15, 0.2) is 5.69 Å². The molecule has 2 aromatic rings. The molecule has 164 valence electrons. The zero-order valence-corrected chi connectivity index (χ0v) is 19.3. The second-order valence-corrected chi connectivity index (χ2v) is 9.96. The van der Waals surface area contributed by atoms with E-state index in [-0.39, 0.29) is 34.1 Å². The molecule has 0 atom stereocenters. The number of sulfonamides is 1. The van der Waals surface area contributed by atoms with Gasteiger partial charge >= 0.3 is 6.03 Å². The molecule has 1 fully saturated rings. The quantitative estimate of drug-likeness (QED) is 0.533. The Morgan fingerprint density at radius 2 is 1.71 bits per heavy atom. The molecule has 2 aromatic carbocycles. The predicted octanol–water partition coefficient (Wildman–Crippen LogP) is 4.14. The van der Waals surface area contributed by atoms with Crippen molar-refractivity contribution in [3.63, 3.8) is 0 Å². The molecule has 10 heteroatoms. The maximum atomic E-state index is 12.8. The van der Waals surface area contributed by atoms with E-state index in [1.54, 1.807) is 21.9 Å². The molecule has 0 radical (unpaired) electrons. The Kier molecular flexibility index (Phi) is 7.44. The fraction of sp³-hybridized carbons (Fsp3) is 0.333. The van der Waals surface area contributed by atoms with Crippen molar-refractivity contribution in [2.24, 2.45) is 0 Å². The first-order chi connectivity index (χ1) is 14.7. The molecule has 7 nitrogen and oxygen atoms in total. The molecule has 1 aliphatic rings. The highest BCUT2D eigenvalue weighted by atomic mass is 35.5. The number of urea groups is 1. The van der Waals surface area contributed by atoms with Gasteiger partial charge in [0.05, 0.1) is 16.6 Å². The largest absolute Gasteiger partial charge is 0.323 e. The summed E-state index contributed by atoms with van der Waals surface area (Å²) in [6.07, 6.45) is 0.694. The van der Waals surface area contributed by atoms with Crippen molar-refractivity contribution in [3.8, 4) is 0 Å². The van der Waals surface area contributed by atoms with E-state index in [0.717, 1.165) is 5.56 Å². The second-order valence-electron chi connectivity index (χ2n) is 7.16. The minimum Gasteiger partial charge on any atom is -0.323 e. The van der Waals surface area contributed by atoms with Gasteiger partial charge in [-0.2, -0.15) is 4.31 Å². The number of carbonyl (C=O) groups excluding carboxylic acids is 1. The van der Waals surface area contributed by atoms with Crippen molar-refractivity contribution in [3.05, 3.63) is 69.5 Å². The molecule has 1 heterocycles. The third-order valence-electron chi connectivity index (χ3n) is 5.21. The summed E-state index contributed by atoms with van der Waals surface area (Å²) < 4.78 is 26.8. The Morgan fingerprint density at radius 1 is 1.06 bits per heavy atom. The molecule has 0 spiro atoms. The number of benzene rings is 2. The van der Waals surface area contributed by atoms with Gasteiger partial charge in [-0.25, -0.2) is 18.1 Å². The van der Waals surface area contributed by atoms with Crippen LogP contribution >= 0.6 is 23.2 Å². The first-order valence-corrected chi connectivity index (χ1v) is 11.8. The SMILES string of the molecule is [C-]#[N+]c1ccc(CCN2CCN(CCN(C)S(=O)(=O)c3cccc(Cl)c3Cl)C2=O)cc1. The van der Waals surface area contributed by atoms with Crippen LogP contribution in [0.5, 0.6) is 0 Å². The van der Waals surface area contributed by atoms with Crippen molar-refractivity contribution in [2.45, 2.75) is 11.3 Å². The van der Waals surface area contributed by atoms with E-state index in [1.165, 1.54) is 29.6 Å². The van der Waals surface area contributed by atoms with Crippen LogP contribution in [0.2, 0.25) is 10.0 Å². The van der Waals surface area contributed by atoms with Crippen molar-refractivity contribution in [1.29, 1.82) is 0 Å². The second kappa shape index (κ2) is 9.88. The van der Waals surface area contributed by atoms with Gasteiger partial charge in [0.25, 0.3) is 0 Å². The van der Waals surface area contributed by atoms with Crippen LogP contribution in [0.1, 0.15) is 5.56 Å². The fourth-order valence-corrected chi connectivity index (χ4v) is 5.18. The van der Waals surface area contributed by atoms with Gasteiger partial charge in [0, 0.05) is 39.8 Å². The molecule has 0 N–H and O–H groups in total. The third kappa shape index (κ3) is 5.31. The minimum atomic E-state index is -3.82. The molecule has 0 aliphatic carbocycles. The van der Waals surface area contributed by atoms with Crippen LogP contribution in [-0.2, 0) is 16.4 Å². The van der Waals surface area contributed by atoms with Crippen LogP contribution in [0.4, 0.5) is 10.5 Å². The number of halogens is 2. The van der Waals surface area contributed by atoms with Crippen LogP contribution in [0.3, 0.4) is 0 Å². The van der Waals surface area contributed by atoms with Crippen molar-refractivity contribution >= 4 is 44.9 Å². The van der Waals surface area contributed by atoms with Crippen LogP contribution < -0.4 is 0 Å². The van der Waals surface area contributed by atoms with Crippen molar-refractivity contribution in [2.75, 3.05) is 39.8 Å². The van der Waals surface area contributed by atoms with E-state index in [4.69, 9.17) is 29.8 Å². The first kappa shape index (κ1) is 23.4. The molecule has 1 saturated heterocycles. The highest BCUT2D eigenvalue weighted by Gasteiger charge is 2.30. The van der Waals surface area contributed by atoms with E-state index in [2.05, 4.69) is 4.85 Å². The maximum absolute atomic E-state index is 12.8. The number of nitrogens with zero attached hydrogens (tertiary/aromatic N) is 4. The number of hydrogen-bond donors (Lipinski definition) is 0. The summed E-state index contributed by atoms with van der Waals surface area (Å²) >= 11 is 12.0. The summed E-state index contributed by atoms with van der Waals surface area (Å²) in [5.74, 6) is 0. The standard InChI is InChI=1S/C21H22Cl2N4O3S/c1-24-17-8-6-16(7-9-17)10-11-26-14-15-27(21(26)28)13-12-25(2)31(29,30)19-5-3-4-18(22)20(19)23/h3-9H,10-15H2,2H3. The summed E-state index contributed by atoms with van der Waals surface area (Å²) in [4.78, 5) is 19.4. The summed E-state index contributed by atoms with van der Waals surface area (Å²) in [7, 11) is -2.37. The number of likely N-dealkylation sites (N-methyl/N-ethyl adjacent to an activating group) is 1. The van der Waals surface area contributed by atoms with Gasteiger partial charge in [-0.05, 0) is 24.1 Å². The Bertz CT molecular complexity index is 1100. The Balaban J connectivity index is 1.54.